The zero-order chi connectivity index (χ0) is 21.7. The second kappa shape index (κ2) is 9.85. The predicted molar refractivity (Wildman–Crippen MR) is 116 cm³/mol. The molecule has 30 heavy (non-hydrogen) atoms. The van der Waals surface area contributed by atoms with Crippen molar-refractivity contribution in [3.63, 3.8) is 0 Å². The maximum atomic E-state index is 13.3. The minimum atomic E-state index is -0.472. The standard InChI is InChI=1S/C23H27ClN2O4/c1-3-11-30-21-19(24)12-17(13-20(21)29-4-2)23(28)26(18-9-10-18)14-15-5-7-16(8-6-15)22(25)27/h5-8,12-13,18H,3-4,9-11,14H2,1-2H3,(H2,25,27). The van der Waals surface area contributed by atoms with E-state index < -0.39 is 5.91 Å². The lowest BCUT2D eigenvalue weighted by molar-refractivity contribution is 0.0729. The van der Waals surface area contributed by atoms with Gasteiger partial charge in [0.15, 0.2) is 11.5 Å². The molecule has 0 atom stereocenters. The van der Waals surface area contributed by atoms with Gasteiger partial charge in [0.1, 0.15) is 0 Å². The van der Waals surface area contributed by atoms with Crippen LogP contribution in [0.15, 0.2) is 36.4 Å². The van der Waals surface area contributed by atoms with Crippen LogP contribution in [0.1, 0.15) is 59.4 Å². The van der Waals surface area contributed by atoms with E-state index >= 15 is 0 Å². The van der Waals surface area contributed by atoms with Gasteiger partial charge in [-0.05, 0) is 56.0 Å². The van der Waals surface area contributed by atoms with Crippen LogP contribution < -0.4 is 15.2 Å². The fourth-order valence-electron chi connectivity index (χ4n) is 3.19. The van der Waals surface area contributed by atoms with Gasteiger partial charge in [-0.1, -0.05) is 30.7 Å². The molecule has 0 bridgehead atoms. The first-order chi connectivity index (χ1) is 14.4. The second-order valence-corrected chi connectivity index (χ2v) is 7.70. The molecule has 0 unspecified atom stereocenters. The number of hydrogen-bond donors (Lipinski definition) is 1. The molecule has 2 aromatic rings. The molecule has 0 saturated heterocycles. The third-order valence-corrected chi connectivity index (χ3v) is 5.13. The monoisotopic (exact) mass is 430 g/mol. The molecule has 0 aromatic heterocycles. The molecule has 0 aliphatic heterocycles. The van der Waals surface area contributed by atoms with Crippen molar-refractivity contribution in [3.05, 3.63) is 58.1 Å². The lowest BCUT2D eigenvalue weighted by atomic mass is 10.1. The Morgan fingerprint density at radius 3 is 2.37 bits per heavy atom. The number of nitrogens with two attached hydrogens (primary N) is 1. The van der Waals surface area contributed by atoms with Crippen molar-refractivity contribution < 1.29 is 19.1 Å². The summed E-state index contributed by atoms with van der Waals surface area (Å²) < 4.78 is 11.4. The van der Waals surface area contributed by atoms with Crippen LogP contribution in [0.4, 0.5) is 0 Å². The number of benzene rings is 2. The minimum Gasteiger partial charge on any atom is -0.490 e. The molecule has 7 heteroatoms. The third-order valence-electron chi connectivity index (χ3n) is 4.85. The molecule has 0 heterocycles. The lowest BCUT2D eigenvalue weighted by Gasteiger charge is -2.24. The van der Waals surface area contributed by atoms with Crippen LogP contribution in [0.25, 0.3) is 0 Å². The van der Waals surface area contributed by atoms with Crippen LogP contribution in [0, 0.1) is 0 Å². The largest absolute Gasteiger partial charge is 0.490 e. The topological polar surface area (TPSA) is 81.9 Å². The van der Waals surface area contributed by atoms with E-state index in [1.54, 1.807) is 24.3 Å². The van der Waals surface area contributed by atoms with Gasteiger partial charge in [-0.25, -0.2) is 0 Å². The van der Waals surface area contributed by atoms with Crippen molar-refractivity contribution in [3.8, 4) is 11.5 Å². The normalized spacial score (nSPS) is 13.0. The van der Waals surface area contributed by atoms with Crippen LogP contribution in [-0.4, -0.2) is 36.0 Å². The van der Waals surface area contributed by atoms with Gasteiger partial charge in [-0.3, -0.25) is 9.59 Å². The van der Waals surface area contributed by atoms with Crippen molar-refractivity contribution in [2.45, 2.75) is 45.7 Å². The van der Waals surface area contributed by atoms with Crippen molar-refractivity contribution in [1.82, 2.24) is 4.90 Å². The molecule has 160 valence electrons. The number of carbonyl (C=O) groups is 2. The van der Waals surface area contributed by atoms with E-state index in [0.29, 0.717) is 47.4 Å². The summed E-state index contributed by atoms with van der Waals surface area (Å²) in [4.78, 5) is 26.5. The smallest absolute Gasteiger partial charge is 0.254 e. The average molecular weight is 431 g/mol. The Bertz CT molecular complexity index is 910. The molecule has 0 spiro atoms. The minimum absolute atomic E-state index is 0.110. The van der Waals surface area contributed by atoms with Gasteiger partial charge in [0.05, 0.1) is 18.2 Å². The first-order valence-corrected chi connectivity index (χ1v) is 10.6. The van der Waals surface area contributed by atoms with E-state index in [1.807, 2.05) is 30.9 Å². The van der Waals surface area contributed by atoms with E-state index in [9.17, 15) is 9.59 Å². The molecule has 2 aromatic carbocycles. The number of rotatable bonds is 10. The Hall–Kier alpha value is -2.73. The number of amides is 2. The number of hydrogen-bond acceptors (Lipinski definition) is 4. The summed E-state index contributed by atoms with van der Waals surface area (Å²) in [6.07, 6.45) is 2.77. The van der Waals surface area contributed by atoms with Crippen molar-refractivity contribution in [1.29, 1.82) is 0 Å². The van der Waals surface area contributed by atoms with Crippen LogP contribution in [0.3, 0.4) is 0 Å². The van der Waals surface area contributed by atoms with Gasteiger partial charge < -0.3 is 20.1 Å². The SMILES string of the molecule is CCCOc1c(Cl)cc(C(=O)N(Cc2ccc(C(N)=O)cc2)C2CC2)cc1OCC. The number of carbonyl (C=O) groups excluding carboxylic acids is 2. The summed E-state index contributed by atoms with van der Waals surface area (Å²) in [5, 5.41) is 0.360. The molecule has 1 saturated carbocycles. The highest BCUT2D eigenvalue weighted by atomic mass is 35.5. The Morgan fingerprint density at radius 2 is 1.80 bits per heavy atom. The second-order valence-electron chi connectivity index (χ2n) is 7.29. The van der Waals surface area contributed by atoms with Gasteiger partial charge in [0, 0.05) is 23.7 Å². The van der Waals surface area contributed by atoms with E-state index in [2.05, 4.69) is 0 Å². The fourth-order valence-corrected chi connectivity index (χ4v) is 3.45. The van der Waals surface area contributed by atoms with E-state index in [4.69, 9.17) is 26.8 Å². The Labute approximate surface area is 181 Å². The average Bonchev–Trinajstić information content (AvgIpc) is 3.56. The Kier molecular flexibility index (Phi) is 7.21. The molecule has 0 radical (unpaired) electrons. The molecular weight excluding hydrogens is 404 g/mol. The molecule has 2 N–H and O–H groups in total. The highest BCUT2D eigenvalue weighted by molar-refractivity contribution is 6.32. The number of nitrogens with zero attached hydrogens (tertiary/aromatic N) is 1. The molecule has 2 amide bonds. The van der Waals surface area contributed by atoms with Crippen molar-refractivity contribution in [2.24, 2.45) is 5.73 Å². The van der Waals surface area contributed by atoms with Crippen molar-refractivity contribution in [2.75, 3.05) is 13.2 Å². The summed E-state index contributed by atoms with van der Waals surface area (Å²) in [6, 6.07) is 10.5. The van der Waals surface area contributed by atoms with Gasteiger partial charge in [-0.15, -0.1) is 0 Å². The molecule has 1 fully saturated rings. The van der Waals surface area contributed by atoms with Crippen LogP contribution in [0.5, 0.6) is 11.5 Å². The lowest BCUT2D eigenvalue weighted by Crippen LogP contribution is -2.32. The van der Waals surface area contributed by atoms with Gasteiger partial charge in [-0.2, -0.15) is 0 Å². The summed E-state index contributed by atoms with van der Waals surface area (Å²) >= 11 is 6.44. The van der Waals surface area contributed by atoms with Crippen LogP contribution >= 0.6 is 11.6 Å². The van der Waals surface area contributed by atoms with E-state index in [-0.39, 0.29) is 11.9 Å². The fraction of sp³-hybridized carbons (Fsp3) is 0.391. The third kappa shape index (κ3) is 5.25. The zero-order valence-corrected chi connectivity index (χ0v) is 18.1. The van der Waals surface area contributed by atoms with Crippen molar-refractivity contribution >= 4 is 23.4 Å². The maximum Gasteiger partial charge on any atom is 0.254 e. The molecule has 1 aliphatic carbocycles. The zero-order valence-electron chi connectivity index (χ0n) is 17.3. The number of primary amides is 1. The molecule has 3 rings (SSSR count). The van der Waals surface area contributed by atoms with E-state index in [1.165, 1.54) is 0 Å². The molecule has 1 aliphatic rings. The van der Waals surface area contributed by atoms with Gasteiger partial charge in [0.25, 0.3) is 5.91 Å². The number of ether oxygens (including phenoxy) is 2. The predicted octanol–water partition coefficient (Wildman–Crippen LogP) is 4.43. The van der Waals surface area contributed by atoms with Crippen LogP contribution in [0.2, 0.25) is 5.02 Å². The Balaban J connectivity index is 1.85. The van der Waals surface area contributed by atoms with Gasteiger partial charge in [0.2, 0.25) is 5.91 Å². The highest BCUT2D eigenvalue weighted by Gasteiger charge is 2.33. The maximum absolute atomic E-state index is 13.3. The molecule has 6 nitrogen and oxygen atoms in total. The quantitative estimate of drug-likeness (QED) is 0.604. The summed E-state index contributed by atoms with van der Waals surface area (Å²) in [6.45, 7) is 5.28. The van der Waals surface area contributed by atoms with Gasteiger partial charge >= 0.3 is 0 Å². The summed E-state index contributed by atoms with van der Waals surface area (Å²) in [7, 11) is 0. The highest BCUT2D eigenvalue weighted by Crippen LogP contribution is 2.38. The summed E-state index contributed by atoms with van der Waals surface area (Å²) in [5.74, 6) is 0.363. The first-order valence-electron chi connectivity index (χ1n) is 10.2. The van der Waals surface area contributed by atoms with Crippen LogP contribution in [-0.2, 0) is 6.54 Å². The first kappa shape index (κ1) is 22.0. The number of halogens is 1. The summed E-state index contributed by atoms with van der Waals surface area (Å²) in [5.41, 5.74) is 7.14. The molecular formula is C23H27ClN2O4. The Morgan fingerprint density at radius 1 is 1.10 bits per heavy atom. The van der Waals surface area contributed by atoms with E-state index in [0.717, 1.165) is 24.8 Å².